The Hall–Kier alpha value is -3.67. The highest BCUT2D eigenvalue weighted by atomic mass is 28.4. The van der Waals surface area contributed by atoms with Crippen molar-refractivity contribution in [3.8, 4) is 0 Å². The summed E-state index contributed by atoms with van der Waals surface area (Å²) in [4.78, 5) is 24.7. The molecule has 17 heteroatoms. The number of cyclic esters (lactones) is 1. The Morgan fingerprint density at radius 2 is 1.29 bits per heavy atom. The minimum Gasteiger partial charge on any atom is -0.459 e. The van der Waals surface area contributed by atoms with Gasteiger partial charge in [-0.05, 0) is 114 Å². The van der Waals surface area contributed by atoms with Gasteiger partial charge < -0.3 is 62.0 Å². The van der Waals surface area contributed by atoms with Crippen LogP contribution in [0.2, 0.25) is 39.3 Å². The third kappa shape index (κ3) is 15.7. The fourth-order valence-electron chi connectivity index (χ4n) is 12.9. The molecule has 0 radical (unpaired) electrons. The largest absolute Gasteiger partial charge is 0.459 e. The van der Waals surface area contributed by atoms with E-state index in [1.165, 1.54) is 6.92 Å². The summed E-state index contributed by atoms with van der Waals surface area (Å²) in [6.07, 6.45) is -5.01. The number of carbonyl (C=O) groups excluding carboxylic acids is 1. The lowest BCUT2D eigenvalue weighted by Crippen LogP contribution is -2.63. The number of rotatable bonds is 19. The van der Waals surface area contributed by atoms with E-state index in [0.717, 1.165) is 16.7 Å². The number of nitrogens with zero attached hydrogens (tertiary/aromatic N) is 2. The number of methoxy groups -OCH3 is 1. The second-order valence-corrected chi connectivity index (χ2v) is 35.3. The fourth-order valence-corrected chi connectivity index (χ4v) is 15.2. The minimum absolute atomic E-state index is 0.0826. The molecule has 6 rings (SSSR count). The first-order valence-electron chi connectivity index (χ1n) is 29.8. The average molecular weight is 1180 g/mol. The minimum atomic E-state index is -2.28. The molecule has 2 N–H and O–H groups in total. The van der Waals surface area contributed by atoms with E-state index >= 15 is 4.79 Å². The molecular formula is C65H102N2O13Si2. The standard InChI is InChI=1S/C65H102N2O13Si2/c1-21-38-72-63(10)40-42(3)54(66-80-65(48-32-26-23-27-33-48,49-34-28-24-29-35-49)50-36-30-25-31-37-50)44(5)57(68)64(11,70)52(22-2)75-60(69)46(7)55(76-53-41-62(9,71-14)59(47(8)74-53)79-82(18,19)20)45(6)58(63)77-61-56(78-81(15,16)17)51(67(12)13)39-43(4)73-61/h21,23-37,42-47,51-53,55-59,61,68,70H,1,22,38-41H2,2-20H3/b66-54+/t42-,43+,44-,45-,46+,47-,51-,52+,53-,55-,56+,57+,58+,59-,61-,62+,63+,64+/m0/s1. The van der Waals surface area contributed by atoms with Crippen molar-refractivity contribution < 1.29 is 61.9 Å². The molecule has 0 bridgehead atoms. The third-order valence-corrected chi connectivity index (χ3v) is 19.0. The lowest BCUT2D eigenvalue weighted by Gasteiger charge is -2.52. The first kappa shape index (κ1) is 67.5. The molecule has 0 unspecified atom stereocenters. The molecule has 18 atom stereocenters. The number of aliphatic hydroxyl groups is 2. The van der Waals surface area contributed by atoms with Crippen molar-refractivity contribution in [1.29, 1.82) is 0 Å². The van der Waals surface area contributed by atoms with E-state index in [1.54, 1.807) is 20.1 Å². The predicted molar refractivity (Wildman–Crippen MR) is 327 cm³/mol. The maximum Gasteiger partial charge on any atom is 0.311 e. The lowest BCUT2D eigenvalue weighted by molar-refractivity contribution is -0.317. The van der Waals surface area contributed by atoms with E-state index in [1.807, 2.05) is 139 Å². The summed E-state index contributed by atoms with van der Waals surface area (Å²) in [6.45, 7) is 36.2. The summed E-state index contributed by atoms with van der Waals surface area (Å²) < 4.78 is 62.6. The Morgan fingerprint density at radius 1 is 0.756 bits per heavy atom. The Balaban J connectivity index is 1.62. The van der Waals surface area contributed by atoms with Crippen LogP contribution in [0.1, 0.15) is 112 Å². The van der Waals surface area contributed by atoms with Gasteiger partial charge in [0.15, 0.2) is 29.2 Å². The molecule has 0 amide bonds. The number of likely N-dealkylation sites (N-methyl/N-ethyl adjacent to an activating group) is 1. The van der Waals surface area contributed by atoms with Gasteiger partial charge in [-0.25, -0.2) is 0 Å². The topological polar surface area (TPSA) is 165 Å². The molecule has 3 saturated heterocycles. The van der Waals surface area contributed by atoms with Crippen molar-refractivity contribution in [2.75, 3.05) is 27.8 Å². The monoisotopic (exact) mass is 1170 g/mol. The van der Waals surface area contributed by atoms with E-state index in [-0.39, 0.29) is 38.0 Å². The van der Waals surface area contributed by atoms with Crippen LogP contribution >= 0.6 is 0 Å². The SMILES string of the molecule is C=CCO[C@]1(C)C[C@H](C)/C(=N\OC(c2ccccc2)(c2ccccc2)c2ccccc2)[C@H](C)[C@@H](O)[C@](C)(O)[C@@H](CC)OC(=O)[C@H](C)[C@@H](O[C@H]2C[C@@](C)(OC)[C@@H](O[Si](C)(C)C)[C@H](C)O2)[C@H](C)[C@H]1O[C@@H]1O[C@H](C)C[C@H](N(C)C)[C@H]1O[Si](C)(C)C. The first-order valence-corrected chi connectivity index (χ1v) is 36.6. The average Bonchev–Trinajstić information content (AvgIpc) is 2.75. The molecule has 458 valence electrons. The summed E-state index contributed by atoms with van der Waals surface area (Å²) in [5, 5.41) is 30.9. The Bertz CT molecular complexity index is 2420. The smallest absolute Gasteiger partial charge is 0.311 e. The number of oxime groups is 1. The van der Waals surface area contributed by atoms with Crippen molar-refractivity contribution in [3.05, 3.63) is 120 Å². The van der Waals surface area contributed by atoms with E-state index in [4.69, 9.17) is 52.0 Å². The fraction of sp³-hybridized carbons (Fsp3) is 0.662. The van der Waals surface area contributed by atoms with Crippen LogP contribution in [0.25, 0.3) is 0 Å². The maximum atomic E-state index is 15.3. The summed E-state index contributed by atoms with van der Waals surface area (Å²) in [7, 11) is 1.41. The Labute approximate surface area is 493 Å². The summed E-state index contributed by atoms with van der Waals surface area (Å²) in [6, 6.07) is 29.8. The van der Waals surface area contributed by atoms with Crippen molar-refractivity contribution in [2.24, 2.45) is 28.8 Å². The zero-order chi connectivity index (χ0) is 60.8. The van der Waals surface area contributed by atoms with Crippen LogP contribution in [-0.4, -0.2) is 155 Å². The Morgan fingerprint density at radius 3 is 1.77 bits per heavy atom. The van der Waals surface area contributed by atoms with Crippen LogP contribution in [-0.2, 0) is 57.2 Å². The van der Waals surface area contributed by atoms with Crippen molar-refractivity contribution >= 4 is 28.3 Å². The number of ether oxygens (including phenoxy) is 7. The van der Waals surface area contributed by atoms with Crippen molar-refractivity contribution in [3.63, 3.8) is 0 Å². The molecule has 0 saturated carbocycles. The van der Waals surface area contributed by atoms with Crippen LogP contribution in [0.4, 0.5) is 0 Å². The zero-order valence-electron chi connectivity index (χ0n) is 52.9. The number of hydrogen-bond acceptors (Lipinski definition) is 15. The van der Waals surface area contributed by atoms with E-state index < -0.39 is 124 Å². The molecule has 3 aliphatic rings. The molecule has 3 heterocycles. The maximum absolute atomic E-state index is 15.3. The molecular weight excluding hydrogens is 1070 g/mol. The molecule has 3 aromatic carbocycles. The number of hydrogen-bond donors (Lipinski definition) is 2. The number of benzene rings is 3. The third-order valence-electron chi connectivity index (χ3n) is 17.1. The number of carbonyl (C=O) groups is 1. The predicted octanol–water partition coefficient (Wildman–Crippen LogP) is 11.5. The summed E-state index contributed by atoms with van der Waals surface area (Å²) in [5.41, 5.74) is -2.55. The normalized spacial score (nSPS) is 36.3. The van der Waals surface area contributed by atoms with Crippen LogP contribution < -0.4 is 0 Å². The van der Waals surface area contributed by atoms with E-state index in [9.17, 15) is 10.2 Å². The van der Waals surface area contributed by atoms with E-state index in [2.05, 4.69) is 71.8 Å². The van der Waals surface area contributed by atoms with Gasteiger partial charge in [0.05, 0.1) is 66.1 Å². The molecule has 0 aliphatic carbocycles. The molecule has 3 fully saturated rings. The van der Waals surface area contributed by atoms with Gasteiger partial charge in [0.1, 0.15) is 17.8 Å². The second-order valence-electron chi connectivity index (χ2n) is 26.4. The highest BCUT2D eigenvalue weighted by molar-refractivity contribution is 6.70. The molecule has 3 aromatic rings. The van der Waals surface area contributed by atoms with Gasteiger partial charge in [-0.2, -0.15) is 0 Å². The van der Waals surface area contributed by atoms with Gasteiger partial charge >= 0.3 is 5.97 Å². The number of aliphatic hydroxyl groups excluding tert-OH is 1. The quantitative estimate of drug-likeness (QED) is 0.0383. The van der Waals surface area contributed by atoms with Gasteiger partial charge in [-0.1, -0.05) is 130 Å². The van der Waals surface area contributed by atoms with Gasteiger partial charge in [0.2, 0.25) is 5.60 Å². The first-order chi connectivity index (χ1) is 38.4. The van der Waals surface area contributed by atoms with Crippen LogP contribution in [0.5, 0.6) is 0 Å². The molecule has 15 nitrogen and oxygen atoms in total. The van der Waals surface area contributed by atoms with Crippen LogP contribution in [0, 0.1) is 23.7 Å². The molecule has 0 spiro atoms. The zero-order valence-corrected chi connectivity index (χ0v) is 54.9. The van der Waals surface area contributed by atoms with Crippen molar-refractivity contribution in [2.45, 2.75) is 224 Å². The highest BCUT2D eigenvalue weighted by Crippen LogP contribution is 2.46. The summed E-state index contributed by atoms with van der Waals surface area (Å²) in [5.74, 6) is -3.83. The van der Waals surface area contributed by atoms with E-state index in [0.29, 0.717) is 12.1 Å². The second kappa shape index (κ2) is 27.8. The van der Waals surface area contributed by atoms with Crippen LogP contribution in [0.3, 0.4) is 0 Å². The lowest BCUT2D eigenvalue weighted by atomic mass is 9.73. The highest BCUT2D eigenvalue weighted by Gasteiger charge is 2.56. The van der Waals surface area contributed by atoms with Crippen LogP contribution in [0.15, 0.2) is 109 Å². The number of esters is 1. The van der Waals surface area contributed by atoms with Gasteiger partial charge in [-0.3, -0.25) is 4.79 Å². The molecule has 82 heavy (non-hydrogen) atoms. The Kier molecular flexibility index (Phi) is 22.9. The van der Waals surface area contributed by atoms with Crippen molar-refractivity contribution in [1.82, 2.24) is 4.90 Å². The van der Waals surface area contributed by atoms with Gasteiger partial charge in [-0.15, -0.1) is 6.58 Å². The van der Waals surface area contributed by atoms with Gasteiger partial charge in [0, 0.05) is 54.0 Å². The van der Waals surface area contributed by atoms with Gasteiger partial charge in [0.25, 0.3) is 0 Å². The molecule has 3 aliphatic heterocycles. The summed E-state index contributed by atoms with van der Waals surface area (Å²) >= 11 is 0. The molecule has 0 aromatic heterocycles.